The van der Waals surface area contributed by atoms with Gasteiger partial charge in [-0.3, -0.25) is 4.90 Å². The van der Waals surface area contributed by atoms with E-state index in [0.29, 0.717) is 0 Å². The topological polar surface area (TPSA) is 6.48 Å². The van der Waals surface area contributed by atoms with E-state index in [9.17, 15) is 0 Å². The molecule has 1 aliphatic heterocycles. The second-order valence-corrected chi connectivity index (χ2v) is 6.71. The standard InChI is InChI=1S/C21H28N2/c1-22(18-20-10-6-3-7-11-20)21-13-16-23(17-14-21)15-12-19-8-4-2-5-9-19/h2-11,21H,12-18H2,1H3. The number of benzene rings is 2. The quantitative estimate of drug-likeness (QED) is 0.800. The highest BCUT2D eigenvalue weighted by Crippen LogP contribution is 2.18. The summed E-state index contributed by atoms with van der Waals surface area (Å²) in [6.07, 6.45) is 3.75. The van der Waals surface area contributed by atoms with Crippen LogP contribution in [0, 0.1) is 0 Å². The van der Waals surface area contributed by atoms with E-state index in [1.54, 1.807) is 0 Å². The van der Waals surface area contributed by atoms with Gasteiger partial charge in [-0.1, -0.05) is 60.7 Å². The maximum absolute atomic E-state index is 2.62. The summed E-state index contributed by atoms with van der Waals surface area (Å²) in [7, 11) is 2.28. The van der Waals surface area contributed by atoms with Gasteiger partial charge in [0.25, 0.3) is 0 Å². The van der Waals surface area contributed by atoms with Crippen LogP contribution in [-0.4, -0.2) is 42.5 Å². The third-order valence-corrected chi connectivity index (χ3v) is 5.01. The molecule has 1 fully saturated rings. The van der Waals surface area contributed by atoms with Crippen LogP contribution in [0.4, 0.5) is 0 Å². The lowest BCUT2D eigenvalue weighted by Gasteiger charge is -2.36. The molecule has 1 saturated heterocycles. The van der Waals surface area contributed by atoms with Crippen LogP contribution in [0.15, 0.2) is 60.7 Å². The van der Waals surface area contributed by atoms with Crippen molar-refractivity contribution in [3.05, 3.63) is 71.8 Å². The predicted molar refractivity (Wildman–Crippen MR) is 97.5 cm³/mol. The molecule has 0 aliphatic carbocycles. The first kappa shape index (κ1) is 16.2. The second kappa shape index (κ2) is 8.28. The summed E-state index contributed by atoms with van der Waals surface area (Å²) in [6, 6.07) is 22.4. The summed E-state index contributed by atoms with van der Waals surface area (Å²) in [5.41, 5.74) is 2.87. The minimum Gasteiger partial charge on any atom is -0.303 e. The number of piperidine rings is 1. The summed E-state index contributed by atoms with van der Waals surface area (Å²) in [4.78, 5) is 5.16. The molecular formula is C21H28N2. The van der Waals surface area contributed by atoms with E-state index in [-0.39, 0.29) is 0 Å². The van der Waals surface area contributed by atoms with Crippen molar-refractivity contribution in [3.63, 3.8) is 0 Å². The van der Waals surface area contributed by atoms with Gasteiger partial charge in [0.15, 0.2) is 0 Å². The van der Waals surface area contributed by atoms with Crippen LogP contribution in [0.1, 0.15) is 24.0 Å². The normalized spacial score (nSPS) is 16.8. The summed E-state index contributed by atoms with van der Waals surface area (Å²) < 4.78 is 0. The van der Waals surface area contributed by atoms with E-state index in [4.69, 9.17) is 0 Å². The molecule has 2 heteroatoms. The number of rotatable bonds is 6. The molecule has 122 valence electrons. The maximum atomic E-state index is 2.62. The van der Waals surface area contributed by atoms with Gasteiger partial charge in [-0.25, -0.2) is 0 Å². The zero-order valence-corrected chi connectivity index (χ0v) is 14.2. The maximum Gasteiger partial charge on any atom is 0.0233 e. The average Bonchev–Trinajstić information content (AvgIpc) is 2.62. The first-order chi connectivity index (χ1) is 11.3. The Labute approximate surface area is 140 Å². The Balaban J connectivity index is 1.41. The van der Waals surface area contributed by atoms with Crippen LogP contribution in [0.3, 0.4) is 0 Å². The summed E-state index contributed by atoms with van der Waals surface area (Å²) in [5.74, 6) is 0. The van der Waals surface area contributed by atoms with E-state index in [1.165, 1.54) is 50.0 Å². The number of hydrogen-bond acceptors (Lipinski definition) is 2. The molecule has 23 heavy (non-hydrogen) atoms. The SMILES string of the molecule is CN(Cc1ccccc1)C1CCN(CCc2ccccc2)CC1. The highest BCUT2D eigenvalue weighted by atomic mass is 15.2. The molecule has 1 aliphatic rings. The molecular weight excluding hydrogens is 280 g/mol. The minimum absolute atomic E-state index is 0.725. The van der Waals surface area contributed by atoms with Crippen molar-refractivity contribution < 1.29 is 0 Å². The van der Waals surface area contributed by atoms with Crippen LogP contribution in [0.5, 0.6) is 0 Å². The van der Waals surface area contributed by atoms with Crippen LogP contribution in [0.2, 0.25) is 0 Å². The van der Waals surface area contributed by atoms with Crippen molar-refractivity contribution in [3.8, 4) is 0 Å². The van der Waals surface area contributed by atoms with Gasteiger partial charge in [0.2, 0.25) is 0 Å². The van der Waals surface area contributed by atoms with Crippen molar-refractivity contribution in [2.75, 3.05) is 26.7 Å². The monoisotopic (exact) mass is 308 g/mol. The van der Waals surface area contributed by atoms with Crippen LogP contribution >= 0.6 is 0 Å². The molecule has 1 heterocycles. The molecule has 0 N–H and O–H groups in total. The molecule has 0 aromatic heterocycles. The van der Waals surface area contributed by atoms with Gasteiger partial charge in [-0.2, -0.15) is 0 Å². The van der Waals surface area contributed by atoms with Crippen LogP contribution < -0.4 is 0 Å². The fraction of sp³-hybridized carbons (Fsp3) is 0.429. The lowest BCUT2D eigenvalue weighted by atomic mass is 10.0. The van der Waals surface area contributed by atoms with Crippen LogP contribution in [-0.2, 0) is 13.0 Å². The number of nitrogens with zero attached hydrogens (tertiary/aromatic N) is 2. The molecule has 0 radical (unpaired) electrons. The third kappa shape index (κ3) is 4.92. The van der Waals surface area contributed by atoms with Gasteiger partial charge in [0, 0.05) is 19.1 Å². The molecule has 0 amide bonds. The molecule has 0 saturated carbocycles. The van der Waals surface area contributed by atoms with E-state index in [2.05, 4.69) is 77.5 Å². The Bertz CT molecular complexity index is 559. The highest BCUT2D eigenvalue weighted by Gasteiger charge is 2.22. The van der Waals surface area contributed by atoms with Crippen LogP contribution in [0.25, 0.3) is 0 Å². The lowest BCUT2D eigenvalue weighted by molar-refractivity contribution is 0.124. The van der Waals surface area contributed by atoms with Gasteiger partial charge in [0.05, 0.1) is 0 Å². The zero-order chi connectivity index (χ0) is 15.9. The molecule has 2 nitrogen and oxygen atoms in total. The molecule has 2 aromatic rings. The van der Waals surface area contributed by atoms with Crippen molar-refractivity contribution >= 4 is 0 Å². The van der Waals surface area contributed by atoms with E-state index in [1.807, 2.05) is 0 Å². The Morgan fingerprint density at radius 1 is 0.870 bits per heavy atom. The Morgan fingerprint density at radius 2 is 1.43 bits per heavy atom. The summed E-state index contributed by atoms with van der Waals surface area (Å²) in [6.45, 7) is 4.72. The van der Waals surface area contributed by atoms with E-state index >= 15 is 0 Å². The summed E-state index contributed by atoms with van der Waals surface area (Å²) in [5, 5.41) is 0. The third-order valence-electron chi connectivity index (χ3n) is 5.01. The lowest BCUT2D eigenvalue weighted by Crippen LogP contribution is -2.43. The van der Waals surface area contributed by atoms with Gasteiger partial charge < -0.3 is 4.90 Å². The van der Waals surface area contributed by atoms with E-state index < -0.39 is 0 Å². The first-order valence-corrected chi connectivity index (χ1v) is 8.82. The van der Waals surface area contributed by atoms with Gasteiger partial charge in [0.1, 0.15) is 0 Å². The largest absolute Gasteiger partial charge is 0.303 e. The Kier molecular flexibility index (Phi) is 5.84. The minimum atomic E-state index is 0.725. The van der Waals surface area contributed by atoms with Crippen molar-refractivity contribution in [2.24, 2.45) is 0 Å². The van der Waals surface area contributed by atoms with Crippen molar-refractivity contribution in [1.29, 1.82) is 0 Å². The zero-order valence-electron chi connectivity index (χ0n) is 14.2. The van der Waals surface area contributed by atoms with Gasteiger partial charge in [-0.05, 0) is 50.5 Å². The first-order valence-electron chi connectivity index (χ1n) is 8.82. The fourth-order valence-corrected chi connectivity index (χ4v) is 3.52. The molecule has 2 aromatic carbocycles. The smallest absolute Gasteiger partial charge is 0.0233 e. The number of likely N-dealkylation sites (tertiary alicyclic amines) is 1. The molecule has 0 atom stereocenters. The van der Waals surface area contributed by atoms with Crippen molar-refractivity contribution in [2.45, 2.75) is 31.8 Å². The average molecular weight is 308 g/mol. The highest BCUT2D eigenvalue weighted by molar-refractivity contribution is 5.15. The van der Waals surface area contributed by atoms with E-state index in [0.717, 1.165) is 12.6 Å². The predicted octanol–water partition coefficient (Wildman–Crippen LogP) is 3.83. The molecule has 3 rings (SSSR count). The molecule has 0 unspecified atom stereocenters. The van der Waals surface area contributed by atoms with Gasteiger partial charge >= 0.3 is 0 Å². The Hall–Kier alpha value is -1.64. The number of hydrogen-bond donors (Lipinski definition) is 0. The fourth-order valence-electron chi connectivity index (χ4n) is 3.52. The van der Waals surface area contributed by atoms with Crippen molar-refractivity contribution in [1.82, 2.24) is 9.80 Å². The summed E-state index contributed by atoms with van der Waals surface area (Å²) >= 11 is 0. The second-order valence-electron chi connectivity index (χ2n) is 6.71. The Morgan fingerprint density at radius 3 is 2.04 bits per heavy atom. The molecule has 0 bridgehead atoms. The molecule has 0 spiro atoms. The van der Waals surface area contributed by atoms with Gasteiger partial charge in [-0.15, -0.1) is 0 Å².